The Morgan fingerprint density at radius 1 is 0.649 bits per heavy atom. The zero-order valence-corrected chi connectivity index (χ0v) is 20.7. The first-order chi connectivity index (χ1) is 18.3. The molecule has 0 saturated carbocycles. The van der Waals surface area contributed by atoms with Gasteiger partial charge < -0.3 is 8.98 Å². The number of nitrogens with zero attached hydrogens (tertiary/aromatic N) is 2. The summed E-state index contributed by atoms with van der Waals surface area (Å²) in [7, 11) is 0. The van der Waals surface area contributed by atoms with E-state index in [1.165, 1.54) is 44.2 Å². The summed E-state index contributed by atoms with van der Waals surface area (Å²) in [5.41, 5.74) is 9.99. The number of para-hydroxylation sites is 2. The van der Waals surface area contributed by atoms with E-state index in [0.717, 1.165) is 29.5 Å². The van der Waals surface area contributed by atoms with Gasteiger partial charge >= 0.3 is 0 Å². The third-order valence-electron chi connectivity index (χ3n) is 7.14. The zero-order valence-electron chi connectivity index (χ0n) is 20.7. The molecule has 0 atom stereocenters. The van der Waals surface area contributed by atoms with Gasteiger partial charge in [-0.3, -0.25) is 0 Å². The summed E-state index contributed by atoms with van der Waals surface area (Å²) in [6.07, 6.45) is 2.17. The second-order valence-electron chi connectivity index (χ2n) is 9.57. The first-order valence-corrected chi connectivity index (χ1v) is 12.9. The number of aromatic nitrogens is 2. The fraction of sp³-hybridized carbons (Fsp3) is 0.0882. The van der Waals surface area contributed by atoms with Gasteiger partial charge in [0.15, 0.2) is 5.58 Å². The number of benzene rings is 5. The third kappa shape index (κ3) is 3.71. The molecule has 2 heterocycles. The first-order valence-electron chi connectivity index (χ1n) is 12.9. The molecule has 0 radical (unpaired) electrons. The predicted octanol–water partition coefficient (Wildman–Crippen LogP) is 9.21. The summed E-state index contributed by atoms with van der Waals surface area (Å²) in [6, 6.07) is 40.8. The molecule has 0 amide bonds. The quantitative estimate of drug-likeness (QED) is 0.247. The van der Waals surface area contributed by atoms with Crippen molar-refractivity contribution in [2.24, 2.45) is 0 Å². The van der Waals surface area contributed by atoms with Gasteiger partial charge in [0, 0.05) is 22.0 Å². The molecular weight excluding hydrogens is 452 g/mol. The SMILES string of the molecule is CCCc1ccc2nc(-c3ccc(-c4ccc5c(c4)c4ccccc4n5-c4ccccc4)cc3)oc2c1. The standard InChI is InChI=1S/C34H26N2O/c1-2-8-23-13-19-30-33(21-23)37-34(35-30)25-16-14-24(15-17-25)26-18-20-32-29(22-26)28-11-6-7-12-31(28)36(32)27-9-4-3-5-10-27/h3-7,9-22H,2,8H2,1H3. The van der Waals surface area contributed by atoms with Crippen molar-refractivity contribution >= 4 is 32.9 Å². The van der Waals surface area contributed by atoms with E-state index >= 15 is 0 Å². The van der Waals surface area contributed by atoms with Crippen molar-refractivity contribution in [2.75, 3.05) is 0 Å². The normalized spacial score (nSPS) is 11.6. The highest BCUT2D eigenvalue weighted by atomic mass is 16.3. The molecule has 0 aliphatic rings. The smallest absolute Gasteiger partial charge is 0.227 e. The molecule has 3 heteroatoms. The van der Waals surface area contributed by atoms with Gasteiger partial charge in [-0.05, 0) is 77.7 Å². The maximum absolute atomic E-state index is 6.12. The van der Waals surface area contributed by atoms with Crippen LogP contribution in [0, 0.1) is 0 Å². The molecule has 37 heavy (non-hydrogen) atoms. The summed E-state index contributed by atoms with van der Waals surface area (Å²) >= 11 is 0. The average molecular weight is 479 g/mol. The van der Waals surface area contributed by atoms with Gasteiger partial charge in [0.25, 0.3) is 0 Å². The minimum atomic E-state index is 0.664. The number of oxazole rings is 1. The molecule has 0 spiro atoms. The van der Waals surface area contributed by atoms with Crippen molar-refractivity contribution in [1.82, 2.24) is 9.55 Å². The van der Waals surface area contributed by atoms with Gasteiger partial charge in [-0.25, -0.2) is 4.98 Å². The minimum Gasteiger partial charge on any atom is -0.436 e. The van der Waals surface area contributed by atoms with E-state index in [4.69, 9.17) is 9.40 Å². The van der Waals surface area contributed by atoms with Crippen LogP contribution in [0.25, 0.3) is 61.2 Å². The van der Waals surface area contributed by atoms with Crippen molar-refractivity contribution in [2.45, 2.75) is 19.8 Å². The second-order valence-corrected chi connectivity index (χ2v) is 9.57. The Kier molecular flexibility index (Phi) is 5.14. The van der Waals surface area contributed by atoms with Crippen molar-refractivity contribution in [3.8, 4) is 28.3 Å². The van der Waals surface area contributed by atoms with Crippen LogP contribution in [0.2, 0.25) is 0 Å². The van der Waals surface area contributed by atoms with Crippen molar-refractivity contribution in [3.63, 3.8) is 0 Å². The highest BCUT2D eigenvalue weighted by molar-refractivity contribution is 6.10. The van der Waals surface area contributed by atoms with Crippen molar-refractivity contribution in [1.29, 1.82) is 0 Å². The molecule has 0 N–H and O–H groups in total. The van der Waals surface area contributed by atoms with Gasteiger partial charge in [0.05, 0.1) is 11.0 Å². The Morgan fingerprint density at radius 2 is 1.38 bits per heavy atom. The Balaban J connectivity index is 1.28. The molecule has 0 unspecified atom stereocenters. The highest BCUT2D eigenvalue weighted by Gasteiger charge is 2.14. The number of aryl methyl sites for hydroxylation is 1. The first kappa shape index (κ1) is 21.6. The molecule has 3 nitrogen and oxygen atoms in total. The van der Waals surface area contributed by atoms with Gasteiger partial charge in [-0.1, -0.05) is 74.0 Å². The number of hydrogen-bond acceptors (Lipinski definition) is 2. The van der Waals surface area contributed by atoms with E-state index in [1.807, 2.05) is 0 Å². The molecule has 178 valence electrons. The third-order valence-corrected chi connectivity index (χ3v) is 7.14. The second kappa shape index (κ2) is 8.79. The van der Waals surface area contributed by atoms with E-state index in [-0.39, 0.29) is 0 Å². The Bertz CT molecular complexity index is 1880. The van der Waals surface area contributed by atoms with Crippen LogP contribution in [0.5, 0.6) is 0 Å². The number of fused-ring (bicyclic) bond motifs is 4. The maximum Gasteiger partial charge on any atom is 0.227 e. The lowest BCUT2D eigenvalue weighted by molar-refractivity contribution is 0.619. The highest BCUT2D eigenvalue weighted by Crippen LogP contribution is 2.35. The number of hydrogen-bond donors (Lipinski definition) is 0. The van der Waals surface area contributed by atoms with Crippen LogP contribution < -0.4 is 0 Å². The molecule has 0 fully saturated rings. The molecule has 0 saturated heterocycles. The van der Waals surface area contributed by atoms with E-state index < -0.39 is 0 Å². The van der Waals surface area contributed by atoms with Crippen LogP contribution in [0.15, 0.2) is 120 Å². The molecule has 0 bridgehead atoms. The van der Waals surface area contributed by atoms with Crippen LogP contribution in [-0.4, -0.2) is 9.55 Å². The summed E-state index contributed by atoms with van der Waals surface area (Å²) in [5.74, 6) is 0.664. The van der Waals surface area contributed by atoms with Crippen LogP contribution in [0.4, 0.5) is 0 Å². The lowest BCUT2D eigenvalue weighted by Crippen LogP contribution is -1.92. The monoisotopic (exact) mass is 478 g/mol. The lowest BCUT2D eigenvalue weighted by Gasteiger charge is -2.08. The van der Waals surface area contributed by atoms with Crippen LogP contribution in [0.3, 0.4) is 0 Å². The summed E-state index contributed by atoms with van der Waals surface area (Å²) < 4.78 is 8.47. The Morgan fingerprint density at radius 3 is 2.22 bits per heavy atom. The van der Waals surface area contributed by atoms with Crippen molar-refractivity contribution in [3.05, 3.63) is 121 Å². The van der Waals surface area contributed by atoms with Crippen LogP contribution >= 0.6 is 0 Å². The molecule has 0 aliphatic heterocycles. The van der Waals surface area contributed by atoms with Crippen molar-refractivity contribution < 1.29 is 4.42 Å². The number of rotatable bonds is 5. The van der Waals surface area contributed by atoms with Crippen LogP contribution in [0.1, 0.15) is 18.9 Å². The maximum atomic E-state index is 6.12. The summed E-state index contributed by atoms with van der Waals surface area (Å²) in [5, 5.41) is 2.51. The van der Waals surface area contributed by atoms with E-state index in [2.05, 4.69) is 127 Å². The zero-order chi connectivity index (χ0) is 24.8. The van der Waals surface area contributed by atoms with Crippen LogP contribution in [-0.2, 0) is 6.42 Å². The molecule has 0 aliphatic carbocycles. The Labute approximate surface area is 215 Å². The predicted molar refractivity (Wildman–Crippen MR) is 153 cm³/mol. The lowest BCUT2D eigenvalue weighted by atomic mass is 10.0. The van der Waals surface area contributed by atoms with E-state index in [0.29, 0.717) is 5.89 Å². The van der Waals surface area contributed by atoms with E-state index in [9.17, 15) is 0 Å². The van der Waals surface area contributed by atoms with E-state index in [1.54, 1.807) is 0 Å². The molecule has 7 rings (SSSR count). The summed E-state index contributed by atoms with van der Waals surface area (Å²) in [6.45, 7) is 2.19. The molecule has 2 aromatic heterocycles. The van der Waals surface area contributed by atoms with Gasteiger partial charge in [-0.15, -0.1) is 0 Å². The summed E-state index contributed by atoms with van der Waals surface area (Å²) in [4.78, 5) is 4.72. The topological polar surface area (TPSA) is 31.0 Å². The van der Waals surface area contributed by atoms with Gasteiger partial charge in [0.1, 0.15) is 5.52 Å². The molecule has 7 aromatic rings. The average Bonchev–Trinajstić information content (AvgIpc) is 3.52. The fourth-order valence-corrected chi connectivity index (χ4v) is 5.35. The largest absolute Gasteiger partial charge is 0.436 e. The van der Waals surface area contributed by atoms with Gasteiger partial charge in [-0.2, -0.15) is 0 Å². The Hall–Kier alpha value is -4.63. The van der Waals surface area contributed by atoms with Gasteiger partial charge in [0.2, 0.25) is 5.89 Å². The molecule has 5 aromatic carbocycles. The minimum absolute atomic E-state index is 0.664. The molecular formula is C34H26N2O. The fourth-order valence-electron chi connectivity index (χ4n) is 5.35.